The molecular weight excluding hydrogens is 431 g/mol. The lowest BCUT2D eigenvalue weighted by Gasteiger charge is -2.14. The zero-order valence-corrected chi connectivity index (χ0v) is 15.9. The number of nitrogens with zero attached hydrogens (tertiary/aromatic N) is 4. The number of halogens is 3. The standard InChI is InChI=1S/C15H13BrCl2N6O/c16-10-4-5-14(25-8-11-12(17)2-1-3-13(11)18)9(6-10)7-20-24-15(19)21-22-23-24/h1-6,20H,7-8H2,(H2,19,21,23). The van der Waals surface area contributed by atoms with Crippen LogP contribution in [-0.4, -0.2) is 20.3 Å². The second-order valence-electron chi connectivity index (χ2n) is 5.02. The van der Waals surface area contributed by atoms with E-state index in [9.17, 15) is 0 Å². The first kappa shape index (κ1) is 17.8. The van der Waals surface area contributed by atoms with Crippen molar-refractivity contribution in [2.24, 2.45) is 0 Å². The van der Waals surface area contributed by atoms with E-state index in [-0.39, 0.29) is 12.6 Å². The van der Waals surface area contributed by atoms with E-state index in [1.807, 2.05) is 18.2 Å². The molecule has 0 saturated carbocycles. The molecular formula is C15H13BrCl2N6O. The van der Waals surface area contributed by atoms with Crippen LogP contribution in [0.2, 0.25) is 10.0 Å². The normalized spacial score (nSPS) is 10.7. The van der Waals surface area contributed by atoms with Crippen LogP contribution in [0.1, 0.15) is 11.1 Å². The molecule has 2 aromatic carbocycles. The molecule has 3 aromatic rings. The molecule has 130 valence electrons. The third kappa shape index (κ3) is 4.33. The molecule has 0 unspecified atom stereocenters. The fraction of sp³-hybridized carbons (Fsp3) is 0.133. The van der Waals surface area contributed by atoms with Gasteiger partial charge in [-0.3, -0.25) is 0 Å². The second kappa shape index (κ2) is 7.90. The molecule has 0 radical (unpaired) electrons. The first-order chi connectivity index (χ1) is 12.0. The number of benzene rings is 2. The molecule has 0 bridgehead atoms. The molecule has 25 heavy (non-hydrogen) atoms. The van der Waals surface area contributed by atoms with Crippen LogP contribution >= 0.6 is 39.1 Å². The third-order valence-corrected chi connectivity index (χ3v) is 4.57. The van der Waals surface area contributed by atoms with Crippen LogP contribution in [0, 0.1) is 0 Å². The monoisotopic (exact) mass is 442 g/mol. The van der Waals surface area contributed by atoms with Gasteiger partial charge in [-0.15, -0.1) is 4.79 Å². The van der Waals surface area contributed by atoms with Gasteiger partial charge in [-0.2, -0.15) is 0 Å². The zero-order chi connectivity index (χ0) is 17.8. The summed E-state index contributed by atoms with van der Waals surface area (Å²) in [4.78, 5) is 1.29. The van der Waals surface area contributed by atoms with E-state index in [4.69, 9.17) is 33.7 Å². The van der Waals surface area contributed by atoms with Crippen LogP contribution in [0.5, 0.6) is 5.75 Å². The molecule has 3 N–H and O–H groups in total. The Hall–Kier alpha value is -2.03. The van der Waals surface area contributed by atoms with E-state index in [0.717, 1.165) is 15.6 Å². The first-order valence-electron chi connectivity index (χ1n) is 7.16. The number of anilines is 1. The van der Waals surface area contributed by atoms with Gasteiger partial charge < -0.3 is 15.9 Å². The number of nitrogens with two attached hydrogens (primary N) is 1. The van der Waals surface area contributed by atoms with Crippen LogP contribution in [0.3, 0.4) is 0 Å². The Kier molecular flexibility index (Phi) is 5.62. The summed E-state index contributed by atoms with van der Waals surface area (Å²) in [7, 11) is 0. The van der Waals surface area contributed by atoms with Crippen LogP contribution in [0.4, 0.5) is 5.95 Å². The topological polar surface area (TPSA) is 90.9 Å². The zero-order valence-electron chi connectivity index (χ0n) is 12.8. The predicted octanol–water partition coefficient (Wildman–Crippen LogP) is 3.65. The van der Waals surface area contributed by atoms with Crippen molar-refractivity contribution < 1.29 is 4.74 Å². The average molecular weight is 444 g/mol. The summed E-state index contributed by atoms with van der Waals surface area (Å²) in [6, 6.07) is 11.0. The largest absolute Gasteiger partial charge is 0.488 e. The molecule has 3 rings (SSSR count). The Bertz CT molecular complexity index is 868. The summed E-state index contributed by atoms with van der Waals surface area (Å²) >= 11 is 15.8. The van der Waals surface area contributed by atoms with Gasteiger partial charge in [0.05, 0.1) is 6.54 Å². The van der Waals surface area contributed by atoms with Gasteiger partial charge in [0.25, 0.3) is 5.95 Å². The minimum atomic E-state index is 0.167. The molecule has 1 aromatic heterocycles. The third-order valence-electron chi connectivity index (χ3n) is 3.37. The highest BCUT2D eigenvalue weighted by molar-refractivity contribution is 9.10. The number of ether oxygens (including phenoxy) is 1. The van der Waals surface area contributed by atoms with Gasteiger partial charge in [-0.05, 0) is 40.8 Å². The fourth-order valence-electron chi connectivity index (χ4n) is 2.11. The lowest BCUT2D eigenvalue weighted by Crippen LogP contribution is -2.18. The van der Waals surface area contributed by atoms with Crippen molar-refractivity contribution in [3.05, 3.63) is 62.0 Å². The highest BCUT2D eigenvalue weighted by Crippen LogP contribution is 2.28. The maximum Gasteiger partial charge on any atom is 0.260 e. The first-order valence-corrected chi connectivity index (χ1v) is 8.71. The van der Waals surface area contributed by atoms with Gasteiger partial charge in [0.1, 0.15) is 12.4 Å². The molecule has 0 atom stereocenters. The molecule has 0 aliphatic carbocycles. The molecule has 0 aliphatic rings. The maximum atomic E-state index is 6.18. The number of hydrogen-bond acceptors (Lipinski definition) is 6. The lowest BCUT2D eigenvalue weighted by molar-refractivity contribution is 0.303. The van der Waals surface area contributed by atoms with Gasteiger partial charge in [-0.25, -0.2) is 0 Å². The van der Waals surface area contributed by atoms with Crippen molar-refractivity contribution in [1.82, 2.24) is 20.3 Å². The minimum Gasteiger partial charge on any atom is -0.488 e. The summed E-state index contributed by atoms with van der Waals surface area (Å²) in [6.07, 6.45) is 0. The highest BCUT2D eigenvalue weighted by atomic mass is 79.9. The SMILES string of the molecule is Nc1nnnn1NCc1cc(Br)ccc1OCc1c(Cl)cccc1Cl. The van der Waals surface area contributed by atoms with E-state index >= 15 is 0 Å². The number of rotatable bonds is 6. The van der Waals surface area contributed by atoms with Gasteiger partial charge in [0.15, 0.2) is 0 Å². The van der Waals surface area contributed by atoms with Crippen LogP contribution in [0.15, 0.2) is 40.9 Å². The van der Waals surface area contributed by atoms with E-state index < -0.39 is 0 Å². The van der Waals surface area contributed by atoms with Gasteiger partial charge in [0.2, 0.25) is 0 Å². The van der Waals surface area contributed by atoms with Crippen molar-refractivity contribution in [2.45, 2.75) is 13.2 Å². The van der Waals surface area contributed by atoms with Crippen molar-refractivity contribution in [1.29, 1.82) is 0 Å². The van der Waals surface area contributed by atoms with Gasteiger partial charge in [-0.1, -0.05) is 50.3 Å². The van der Waals surface area contributed by atoms with Crippen LogP contribution in [-0.2, 0) is 13.2 Å². The molecule has 0 amide bonds. The summed E-state index contributed by atoms with van der Waals surface area (Å²) in [5.41, 5.74) is 10.3. The van der Waals surface area contributed by atoms with Crippen molar-refractivity contribution >= 4 is 45.1 Å². The Morgan fingerprint density at radius 1 is 1.20 bits per heavy atom. The second-order valence-corrected chi connectivity index (χ2v) is 6.75. The van der Waals surface area contributed by atoms with Crippen LogP contribution in [0.25, 0.3) is 0 Å². The summed E-state index contributed by atoms with van der Waals surface area (Å²) in [5.74, 6) is 0.846. The number of hydrogen-bond donors (Lipinski definition) is 2. The molecule has 7 nitrogen and oxygen atoms in total. The molecule has 0 saturated heterocycles. The number of nitrogen functional groups attached to an aromatic ring is 1. The summed E-state index contributed by atoms with van der Waals surface area (Å²) in [5, 5.41) is 11.9. The Morgan fingerprint density at radius 3 is 2.64 bits per heavy atom. The Morgan fingerprint density at radius 2 is 1.96 bits per heavy atom. The van der Waals surface area contributed by atoms with Gasteiger partial charge >= 0.3 is 0 Å². The van der Waals surface area contributed by atoms with Crippen molar-refractivity contribution in [2.75, 3.05) is 11.2 Å². The Balaban J connectivity index is 1.76. The Labute approximate surface area is 162 Å². The van der Waals surface area contributed by atoms with Crippen molar-refractivity contribution in [3.63, 3.8) is 0 Å². The van der Waals surface area contributed by atoms with E-state index in [1.54, 1.807) is 18.2 Å². The highest BCUT2D eigenvalue weighted by Gasteiger charge is 2.10. The van der Waals surface area contributed by atoms with E-state index in [1.165, 1.54) is 4.79 Å². The van der Waals surface area contributed by atoms with E-state index in [2.05, 4.69) is 36.9 Å². The quantitative estimate of drug-likeness (QED) is 0.604. The smallest absolute Gasteiger partial charge is 0.260 e. The number of aromatic nitrogens is 4. The molecule has 10 heteroatoms. The molecule has 0 aliphatic heterocycles. The molecule has 0 fully saturated rings. The summed E-state index contributed by atoms with van der Waals surface area (Å²) < 4.78 is 6.83. The number of tetrazole rings is 1. The lowest BCUT2D eigenvalue weighted by atomic mass is 10.2. The van der Waals surface area contributed by atoms with Crippen molar-refractivity contribution in [3.8, 4) is 5.75 Å². The minimum absolute atomic E-state index is 0.167. The number of nitrogens with one attached hydrogen (secondary N) is 1. The van der Waals surface area contributed by atoms with Crippen LogP contribution < -0.4 is 15.9 Å². The molecule has 1 heterocycles. The predicted molar refractivity (Wildman–Crippen MR) is 100 cm³/mol. The average Bonchev–Trinajstić information content (AvgIpc) is 2.99. The molecule has 0 spiro atoms. The fourth-order valence-corrected chi connectivity index (χ4v) is 3.03. The van der Waals surface area contributed by atoms with E-state index in [0.29, 0.717) is 22.3 Å². The summed E-state index contributed by atoms with van der Waals surface area (Å²) in [6.45, 7) is 0.653. The maximum absolute atomic E-state index is 6.18. The van der Waals surface area contributed by atoms with Gasteiger partial charge in [0, 0.05) is 25.6 Å².